The van der Waals surface area contributed by atoms with Gasteiger partial charge in [0.25, 0.3) is 0 Å². The van der Waals surface area contributed by atoms with Crippen molar-refractivity contribution in [2.75, 3.05) is 6.61 Å². The van der Waals surface area contributed by atoms with Crippen molar-refractivity contribution in [3.05, 3.63) is 0 Å². The first kappa shape index (κ1) is 14.6. The van der Waals surface area contributed by atoms with E-state index in [0.717, 1.165) is 0 Å². The van der Waals surface area contributed by atoms with Gasteiger partial charge in [-0.2, -0.15) is 0 Å². The molecule has 0 aromatic rings. The summed E-state index contributed by atoms with van der Waals surface area (Å²) in [5.74, 6) is 0.334. The van der Waals surface area contributed by atoms with Crippen LogP contribution in [0.3, 0.4) is 0 Å². The van der Waals surface area contributed by atoms with Gasteiger partial charge in [0.15, 0.2) is 14.5 Å². The third kappa shape index (κ3) is 6.68. The van der Waals surface area contributed by atoms with E-state index in [2.05, 4.69) is 19.6 Å². The molecular formula is C11H26NO2Si+. The molecule has 0 radical (unpaired) electrons. The summed E-state index contributed by atoms with van der Waals surface area (Å²) in [6.07, 6.45) is 1.81. The van der Waals surface area contributed by atoms with E-state index in [0.29, 0.717) is 12.5 Å². The Morgan fingerprint density at radius 3 is 2.13 bits per heavy atom. The van der Waals surface area contributed by atoms with Crippen molar-refractivity contribution in [2.24, 2.45) is 5.92 Å². The van der Waals surface area contributed by atoms with Gasteiger partial charge in [-0.3, -0.25) is 5.21 Å². The van der Waals surface area contributed by atoms with E-state index >= 15 is 0 Å². The highest BCUT2D eigenvalue weighted by Crippen LogP contribution is 2.12. The molecule has 0 aromatic carbocycles. The molecule has 0 amide bonds. The van der Waals surface area contributed by atoms with E-state index in [1.165, 1.54) is 4.74 Å². The summed E-state index contributed by atoms with van der Waals surface area (Å²) >= 11 is 0. The molecule has 0 aliphatic rings. The van der Waals surface area contributed by atoms with Gasteiger partial charge in [0.2, 0.25) is 5.54 Å². The summed E-state index contributed by atoms with van der Waals surface area (Å²) in [4.78, 5) is 0. The van der Waals surface area contributed by atoms with Crippen LogP contribution in [0.4, 0.5) is 0 Å². The summed E-state index contributed by atoms with van der Waals surface area (Å²) < 4.78 is 7.09. The second-order valence-electron chi connectivity index (χ2n) is 5.95. The van der Waals surface area contributed by atoms with E-state index in [-0.39, 0.29) is 5.54 Å². The van der Waals surface area contributed by atoms with Gasteiger partial charge < -0.3 is 4.43 Å². The minimum absolute atomic E-state index is 0.334. The zero-order chi connectivity index (χ0) is 12.3. The predicted molar refractivity (Wildman–Crippen MR) is 66.3 cm³/mol. The van der Waals surface area contributed by atoms with Crippen LogP contribution in [0, 0.1) is 5.92 Å². The largest absolute Gasteiger partial charge is 0.410 e. The first-order valence-electron chi connectivity index (χ1n) is 5.52. The molecule has 0 aromatic heterocycles. The maximum absolute atomic E-state index is 9.86. The number of rotatable bonds is 5. The van der Waals surface area contributed by atoms with Crippen LogP contribution in [-0.4, -0.2) is 36.6 Å². The molecule has 0 atom stereocenters. The molecule has 0 aliphatic carbocycles. The Labute approximate surface area is 94.9 Å². The Bertz CT molecular complexity index is 229. The molecule has 0 bridgehead atoms. The lowest BCUT2D eigenvalue weighted by molar-refractivity contribution is -0.821. The molecule has 0 heterocycles. The Morgan fingerprint density at radius 2 is 1.80 bits per heavy atom. The zero-order valence-corrected chi connectivity index (χ0v) is 12.2. The van der Waals surface area contributed by atoms with Crippen molar-refractivity contribution in [1.29, 1.82) is 0 Å². The summed E-state index contributed by atoms with van der Waals surface area (Å²) in [5.41, 5.74) is -0.357. The third-order valence-corrected chi connectivity index (χ3v) is 2.93. The number of hydrogen-bond acceptors (Lipinski definition) is 2. The van der Waals surface area contributed by atoms with Crippen LogP contribution in [0.1, 0.15) is 27.7 Å². The van der Waals surface area contributed by atoms with Crippen LogP contribution in [0.2, 0.25) is 19.6 Å². The molecule has 0 unspecified atom stereocenters. The van der Waals surface area contributed by atoms with Gasteiger partial charge in [-0.15, -0.1) is 0 Å². The molecule has 0 fully saturated rings. The lowest BCUT2D eigenvalue weighted by atomic mass is 10.1. The molecule has 15 heavy (non-hydrogen) atoms. The summed E-state index contributed by atoms with van der Waals surface area (Å²) in [5, 5.41) is 9.86. The van der Waals surface area contributed by atoms with Crippen molar-refractivity contribution in [3.8, 4) is 0 Å². The fourth-order valence-electron chi connectivity index (χ4n) is 0.943. The Morgan fingerprint density at radius 1 is 1.33 bits per heavy atom. The second kappa shape index (κ2) is 5.12. The van der Waals surface area contributed by atoms with E-state index < -0.39 is 8.32 Å². The van der Waals surface area contributed by atoms with Gasteiger partial charge in [-0.05, 0) is 24.4 Å². The van der Waals surface area contributed by atoms with E-state index in [9.17, 15) is 5.21 Å². The predicted octanol–water partition coefficient (Wildman–Crippen LogP) is 2.75. The van der Waals surface area contributed by atoms with Crippen molar-refractivity contribution in [3.63, 3.8) is 0 Å². The minimum atomic E-state index is -1.50. The molecule has 0 spiro atoms. The van der Waals surface area contributed by atoms with Gasteiger partial charge in [-0.1, -0.05) is 13.8 Å². The van der Waals surface area contributed by atoms with E-state index in [1.807, 2.05) is 33.9 Å². The van der Waals surface area contributed by atoms with Crippen LogP contribution in [0.25, 0.3) is 0 Å². The molecule has 1 N–H and O–H groups in total. The summed E-state index contributed by atoms with van der Waals surface area (Å²) in [7, 11) is -1.50. The lowest BCUT2D eigenvalue weighted by Crippen LogP contribution is -2.43. The fourth-order valence-corrected chi connectivity index (χ4v) is 1.73. The Kier molecular flexibility index (Phi) is 5.00. The Hall–Kier alpha value is -0.353. The summed E-state index contributed by atoms with van der Waals surface area (Å²) in [6.45, 7) is 15.0. The second-order valence-corrected chi connectivity index (χ2v) is 10.5. The third-order valence-electron chi connectivity index (χ3n) is 1.92. The van der Waals surface area contributed by atoms with E-state index in [1.54, 1.807) is 0 Å². The average molecular weight is 232 g/mol. The van der Waals surface area contributed by atoms with Gasteiger partial charge >= 0.3 is 0 Å². The Balaban J connectivity index is 4.42. The van der Waals surface area contributed by atoms with Crippen LogP contribution < -0.4 is 0 Å². The van der Waals surface area contributed by atoms with Crippen LogP contribution in [0.15, 0.2) is 0 Å². The van der Waals surface area contributed by atoms with Crippen LogP contribution in [0.5, 0.6) is 0 Å². The fraction of sp³-hybridized carbons (Fsp3) is 0.909. The smallest absolute Gasteiger partial charge is 0.227 e. The first-order valence-corrected chi connectivity index (χ1v) is 8.92. The highest BCUT2D eigenvalue weighted by molar-refractivity contribution is 6.69. The van der Waals surface area contributed by atoms with Crippen molar-refractivity contribution in [2.45, 2.75) is 52.9 Å². The molecule has 0 aliphatic heterocycles. The molecule has 90 valence electrons. The number of hydroxylamine groups is 1. The highest BCUT2D eigenvalue weighted by Gasteiger charge is 2.34. The maximum atomic E-state index is 9.86. The quantitative estimate of drug-likeness (QED) is 0.260. The monoisotopic (exact) mass is 232 g/mol. The number of nitrogens with zero attached hydrogens (tertiary/aromatic N) is 1. The topological polar surface area (TPSA) is 32.5 Å². The molecule has 0 saturated carbocycles. The van der Waals surface area contributed by atoms with Gasteiger partial charge in [0, 0.05) is 19.8 Å². The van der Waals surface area contributed by atoms with Gasteiger partial charge in [0.05, 0.1) is 0 Å². The minimum Gasteiger partial charge on any atom is -0.410 e. The van der Waals surface area contributed by atoms with Gasteiger partial charge in [-0.25, -0.2) is 0 Å². The van der Waals surface area contributed by atoms with Crippen LogP contribution >= 0.6 is 0 Å². The summed E-state index contributed by atoms with van der Waals surface area (Å²) in [6, 6.07) is 0. The average Bonchev–Trinajstić information content (AvgIpc) is 1.98. The van der Waals surface area contributed by atoms with Crippen molar-refractivity contribution in [1.82, 2.24) is 0 Å². The van der Waals surface area contributed by atoms with Crippen molar-refractivity contribution >= 4 is 14.5 Å². The SMILES string of the molecule is CC(C)/C=[N+](/O)C(C)(C)CO[Si](C)(C)C. The standard InChI is InChI=1S/C11H26NO2Si/c1-10(2)8-12(13)11(3,4)9-14-15(5,6)7/h8,10,13H,9H2,1-7H3/q+1/b12-8+. The van der Waals surface area contributed by atoms with Gasteiger partial charge in [0.1, 0.15) is 6.61 Å². The molecule has 4 heteroatoms. The first-order chi connectivity index (χ1) is 6.54. The number of hydrogen-bond donors (Lipinski definition) is 1. The maximum Gasteiger partial charge on any atom is 0.227 e. The zero-order valence-electron chi connectivity index (χ0n) is 11.2. The molecular weight excluding hydrogens is 206 g/mol. The van der Waals surface area contributed by atoms with Crippen molar-refractivity contribution < 1.29 is 14.4 Å². The molecule has 0 saturated heterocycles. The normalized spacial score (nSPS) is 14.8. The molecule has 0 rings (SSSR count). The van der Waals surface area contributed by atoms with E-state index in [4.69, 9.17) is 4.43 Å². The van der Waals surface area contributed by atoms with Crippen LogP contribution in [-0.2, 0) is 4.43 Å². The molecule has 3 nitrogen and oxygen atoms in total. The highest BCUT2D eigenvalue weighted by atomic mass is 28.4. The lowest BCUT2D eigenvalue weighted by Gasteiger charge is -2.23.